The molecule has 0 amide bonds. The van der Waals surface area contributed by atoms with E-state index in [1.807, 2.05) is 0 Å². The van der Waals surface area contributed by atoms with Crippen LogP contribution in [0.2, 0.25) is 0 Å². The lowest BCUT2D eigenvalue weighted by atomic mass is 10.1. The molecule has 0 N–H and O–H groups in total. The first-order valence-corrected chi connectivity index (χ1v) is 7.53. The summed E-state index contributed by atoms with van der Waals surface area (Å²) in [5.41, 5.74) is 0.197. The first kappa shape index (κ1) is 15.1. The van der Waals surface area contributed by atoms with Crippen molar-refractivity contribution in [3.8, 4) is 10.4 Å². The van der Waals surface area contributed by atoms with E-state index in [0.29, 0.717) is 14.4 Å². The number of halogens is 2. The Balaban J connectivity index is 2.43. The van der Waals surface area contributed by atoms with E-state index < -0.39 is 11.6 Å². The van der Waals surface area contributed by atoms with Crippen molar-refractivity contribution < 1.29 is 13.9 Å². The number of hydrogen-bond donors (Lipinski definition) is 0. The van der Waals surface area contributed by atoms with Gasteiger partial charge < -0.3 is 4.74 Å². The van der Waals surface area contributed by atoms with Crippen LogP contribution in [0.15, 0.2) is 28.2 Å². The summed E-state index contributed by atoms with van der Waals surface area (Å²) >= 11 is 4.52. The fourth-order valence-electron chi connectivity index (χ4n) is 1.58. The van der Waals surface area contributed by atoms with Crippen LogP contribution < -0.4 is 0 Å². The van der Waals surface area contributed by atoms with Crippen molar-refractivity contribution in [1.82, 2.24) is 4.98 Å². The fraction of sp³-hybridized carbons (Fsp3) is 0.286. The SMILES string of the molecule is CC(C)(C)OC(=O)c1nc(Br)sc1-c1cccc(F)c1. The number of ether oxygens (including phenoxy) is 1. The van der Waals surface area contributed by atoms with Gasteiger partial charge in [-0.15, -0.1) is 11.3 Å². The predicted octanol–water partition coefficient (Wildman–Crippen LogP) is 4.67. The van der Waals surface area contributed by atoms with Crippen LogP contribution in [-0.2, 0) is 4.74 Å². The topological polar surface area (TPSA) is 39.2 Å². The Kier molecular flexibility index (Phi) is 4.25. The predicted molar refractivity (Wildman–Crippen MR) is 80.4 cm³/mol. The Morgan fingerprint density at radius 2 is 2.10 bits per heavy atom. The molecular weight excluding hydrogens is 345 g/mol. The summed E-state index contributed by atoms with van der Waals surface area (Å²) < 4.78 is 19.2. The molecule has 0 fully saturated rings. The molecule has 1 heterocycles. The standard InChI is InChI=1S/C14H13BrFNO2S/c1-14(2,3)19-12(18)10-11(20-13(15)17-10)8-5-4-6-9(16)7-8/h4-7H,1-3H3. The van der Waals surface area contributed by atoms with E-state index in [1.54, 1.807) is 32.9 Å². The summed E-state index contributed by atoms with van der Waals surface area (Å²) in [7, 11) is 0. The van der Waals surface area contributed by atoms with Gasteiger partial charge in [0.25, 0.3) is 0 Å². The molecule has 0 aliphatic rings. The van der Waals surface area contributed by atoms with Gasteiger partial charge in [0.2, 0.25) is 0 Å². The van der Waals surface area contributed by atoms with E-state index in [0.717, 1.165) is 0 Å². The summed E-state index contributed by atoms with van der Waals surface area (Å²) in [5.74, 6) is -0.874. The number of rotatable bonds is 2. The van der Waals surface area contributed by atoms with Crippen molar-refractivity contribution in [1.29, 1.82) is 0 Å². The molecule has 20 heavy (non-hydrogen) atoms. The highest BCUT2D eigenvalue weighted by Crippen LogP contribution is 2.34. The van der Waals surface area contributed by atoms with Crippen molar-refractivity contribution in [2.24, 2.45) is 0 Å². The zero-order valence-electron chi connectivity index (χ0n) is 11.2. The summed E-state index contributed by atoms with van der Waals surface area (Å²) in [6, 6.07) is 6.05. The van der Waals surface area contributed by atoms with E-state index >= 15 is 0 Å². The van der Waals surface area contributed by atoms with Crippen LogP contribution in [0.25, 0.3) is 10.4 Å². The molecule has 0 atom stereocenters. The molecule has 0 radical (unpaired) electrons. The van der Waals surface area contributed by atoms with Crippen LogP contribution in [-0.4, -0.2) is 16.6 Å². The first-order valence-electron chi connectivity index (χ1n) is 5.92. The summed E-state index contributed by atoms with van der Waals surface area (Å²) in [5, 5.41) is 0. The Morgan fingerprint density at radius 3 is 2.70 bits per heavy atom. The quantitative estimate of drug-likeness (QED) is 0.733. The molecule has 1 aromatic carbocycles. The van der Waals surface area contributed by atoms with Gasteiger partial charge >= 0.3 is 5.97 Å². The second-order valence-corrected chi connectivity index (χ2v) is 7.43. The van der Waals surface area contributed by atoms with Crippen LogP contribution in [0, 0.1) is 5.82 Å². The molecule has 0 aliphatic carbocycles. The lowest BCUT2D eigenvalue weighted by Gasteiger charge is -2.19. The third-order valence-electron chi connectivity index (χ3n) is 2.28. The number of esters is 1. The number of carbonyl (C=O) groups excluding carboxylic acids is 1. The molecule has 0 saturated carbocycles. The fourth-order valence-corrected chi connectivity index (χ4v) is 3.02. The number of aromatic nitrogens is 1. The molecule has 106 valence electrons. The van der Waals surface area contributed by atoms with Crippen LogP contribution in [0.3, 0.4) is 0 Å². The molecular formula is C14H13BrFNO2S. The summed E-state index contributed by atoms with van der Waals surface area (Å²) in [6.07, 6.45) is 0. The van der Waals surface area contributed by atoms with E-state index in [1.165, 1.54) is 23.5 Å². The molecule has 3 nitrogen and oxygen atoms in total. The second-order valence-electron chi connectivity index (χ2n) is 5.16. The molecule has 0 spiro atoms. The van der Waals surface area contributed by atoms with Gasteiger partial charge in [-0.25, -0.2) is 14.2 Å². The van der Waals surface area contributed by atoms with Crippen LogP contribution in [0.4, 0.5) is 4.39 Å². The van der Waals surface area contributed by atoms with E-state index in [-0.39, 0.29) is 11.5 Å². The van der Waals surface area contributed by atoms with Gasteiger partial charge in [0, 0.05) is 0 Å². The van der Waals surface area contributed by atoms with Crippen LogP contribution in [0.1, 0.15) is 31.3 Å². The van der Waals surface area contributed by atoms with Crippen molar-refractivity contribution in [2.45, 2.75) is 26.4 Å². The van der Waals surface area contributed by atoms with E-state index in [2.05, 4.69) is 20.9 Å². The molecule has 0 aliphatic heterocycles. The third-order valence-corrected chi connectivity index (χ3v) is 3.84. The van der Waals surface area contributed by atoms with E-state index in [9.17, 15) is 9.18 Å². The minimum Gasteiger partial charge on any atom is -0.455 e. The Bertz CT molecular complexity index is 649. The second kappa shape index (κ2) is 5.61. The molecule has 6 heteroatoms. The average molecular weight is 358 g/mol. The Labute approximate surface area is 128 Å². The van der Waals surface area contributed by atoms with Crippen molar-refractivity contribution in [3.63, 3.8) is 0 Å². The number of benzene rings is 1. The van der Waals surface area contributed by atoms with Crippen molar-refractivity contribution in [3.05, 3.63) is 39.7 Å². The monoisotopic (exact) mass is 357 g/mol. The molecule has 1 aromatic heterocycles. The van der Waals surface area contributed by atoms with Gasteiger partial charge in [0.05, 0.1) is 4.88 Å². The minimum atomic E-state index is -0.605. The van der Waals surface area contributed by atoms with Crippen molar-refractivity contribution >= 4 is 33.2 Å². The average Bonchev–Trinajstić information content (AvgIpc) is 2.69. The lowest BCUT2D eigenvalue weighted by molar-refractivity contribution is 0.00645. The zero-order chi connectivity index (χ0) is 14.9. The van der Waals surface area contributed by atoms with Crippen LogP contribution in [0.5, 0.6) is 0 Å². The largest absolute Gasteiger partial charge is 0.455 e. The van der Waals surface area contributed by atoms with Gasteiger partial charge in [0.1, 0.15) is 11.4 Å². The van der Waals surface area contributed by atoms with E-state index in [4.69, 9.17) is 4.74 Å². The summed E-state index contributed by atoms with van der Waals surface area (Å²) in [6.45, 7) is 5.36. The third kappa shape index (κ3) is 3.64. The molecule has 0 bridgehead atoms. The van der Waals surface area contributed by atoms with Gasteiger partial charge in [-0.1, -0.05) is 12.1 Å². The molecule has 0 saturated heterocycles. The highest BCUT2D eigenvalue weighted by Gasteiger charge is 2.24. The van der Waals surface area contributed by atoms with Gasteiger partial charge in [-0.05, 0) is 54.4 Å². The molecule has 2 rings (SSSR count). The van der Waals surface area contributed by atoms with Crippen molar-refractivity contribution in [2.75, 3.05) is 0 Å². The zero-order valence-corrected chi connectivity index (χ0v) is 13.6. The normalized spacial score (nSPS) is 11.4. The molecule has 2 aromatic rings. The smallest absolute Gasteiger partial charge is 0.359 e. The Hall–Kier alpha value is -1.27. The Morgan fingerprint density at radius 1 is 1.40 bits per heavy atom. The van der Waals surface area contributed by atoms with Gasteiger partial charge in [-0.3, -0.25) is 0 Å². The highest BCUT2D eigenvalue weighted by molar-refractivity contribution is 9.11. The first-order chi connectivity index (χ1) is 9.26. The van der Waals surface area contributed by atoms with Crippen LogP contribution >= 0.6 is 27.3 Å². The summed E-state index contributed by atoms with van der Waals surface area (Å²) in [4.78, 5) is 16.9. The maximum Gasteiger partial charge on any atom is 0.359 e. The number of carbonyl (C=O) groups is 1. The maximum absolute atomic E-state index is 13.3. The lowest BCUT2D eigenvalue weighted by Crippen LogP contribution is -2.24. The van der Waals surface area contributed by atoms with Gasteiger partial charge in [0.15, 0.2) is 9.61 Å². The molecule has 0 unspecified atom stereocenters. The number of thiazole rings is 1. The highest BCUT2D eigenvalue weighted by atomic mass is 79.9. The maximum atomic E-state index is 13.3. The minimum absolute atomic E-state index is 0.197. The number of nitrogens with zero attached hydrogens (tertiary/aromatic N) is 1. The number of hydrogen-bond acceptors (Lipinski definition) is 4. The van der Waals surface area contributed by atoms with Gasteiger partial charge in [-0.2, -0.15) is 0 Å².